The van der Waals surface area contributed by atoms with Crippen LogP contribution in [0, 0.1) is 11.8 Å². The molecule has 3 heterocycles. The van der Waals surface area contributed by atoms with Gasteiger partial charge in [0, 0.05) is 24.5 Å². The van der Waals surface area contributed by atoms with E-state index >= 15 is 0 Å². The van der Waals surface area contributed by atoms with Crippen LogP contribution in [0.1, 0.15) is 22.5 Å². The van der Waals surface area contributed by atoms with Gasteiger partial charge < -0.3 is 15.0 Å². The lowest BCUT2D eigenvalue weighted by atomic mass is 9.92. The number of carbonyl (C=O) groups is 1. The molecule has 2 saturated heterocycles. The Balaban J connectivity index is 0.00000147. The zero-order chi connectivity index (χ0) is 13.2. The predicted octanol–water partition coefficient (Wildman–Crippen LogP) is 2.25. The number of nitrogens with one attached hydrogen (secondary N) is 1. The van der Waals surface area contributed by atoms with E-state index in [9.17, 15) is 4.79 Å². The van der Waals surface area contributed by atoms with Crippen LogP contribution in [0.15, 0.2) is 11.4 Å². The van der Waals surface area contributed by atoms with Crippen molar-refractivity contribution >= 4 is 29.7 Å². The van der Waals surface area contributed by atoms with Gasteiger partial charge in [-0.3, -0.25) is 4.79 Å². The summed E-state index contributed by atoms with van der Waals surface area (Å²) >= 11 is 1.48. The Labute approximate surface area is 129 Å². The first-order valence-corrected chi connectivity index (χ1v) is 7.78. The molecule has 3 rings (SSSR count). The topological polar surface area (TPSA) is 41.6 Å². The largest absolute Gasteiger partial charge is 0.496 e. The molecule has 0 aliphatic carbocycles. The normalized spacial score (nSPS) is 25.6. The molecule has 4 nitrogen and oxygen atoms in total. The summed E-state index contributed by atoms with van der Waals surface area (Å²) in [5.41, 5.74) is 0. The molecule has 20 heavy (non-hydrogen) atoms. The molecule has 2 aliphatic rings. The molecule has 0 saturated carbocycles. The second-order valence-electron chi connectivity index (χ2n) is 5.40. The van der Waals surface area contributed by atoms with Crippen LogP contribution in [0.3, 0.4) is 0 Å². The lowest BCUT2D eigenvalue weighted by Crippen LogP contribution is -2.32. The van der Waals surface area contributed by atoms with E-state index in [1.165, 1.54) is 11.3 Å². The van der Waals surface area contributed by atoms with Crippen LogP contribution in [0.5, 0.6) is 5.75 Å². The highest BCUT2D eigenvalue weighted by atomic mass is 35.5. The van der Waals surface area contributed by atoms with Gasteiger partial charge in [-0.2, -0.15) is 0 Å². The number of methoxy groups -OCH3 is 1. The van der Waals surface area contributed by atoms with Gasteiger partial charge >= 0.3 is 0 Å². The van der Waals surface area contributed by atoms with E-state index in [-0.39, 0.29) is 18.3 Å². The van der Waals surface area contributed by atoms with Crippen molar-refractivity contribution in [1.82, 2.24) is 10.2 Å². The molecular weight excluding hydrogens is 296 g/mol. The molecule has 0 spiro atoms. The maximum atomic E-state index is 12.5. The summed E-state index contributed by atoms with van der Waals surface area (Å²) < 4.78 is 5.15. The van der Waals surface area contributed by atoms with Crippen molar-refractivity contribution in [3.63, 3.8) is 0 Å². The van der Waals surface area contributed by atoms with Gasteiger partial charge in [-0.1, -0.05) is 0 Å². The van der Waals surface area contributed by atoms with E-state index in [1.807, 2.05) is 16.3 Å². The number of ether oxygens (including phenoxy) is 1. The van der Waals surface area contributed by atoms with Gasteiger partial charge in [0.1, 0.15) is 5.75 Å². The van der Waals surface area contributed by atoms with Crippen LogP contribution in [-0.4, -0.2) is 44.1 Å². The number of halogens is 1. The van der Waals surface area contributed by atoms with E-state index in [4.69, 9.17) is 4.74 Å². The fourth-order valence-corrected chi connectivity index (χ4v) is 3.94. The Kier molecular flexibility index (Phi) is 5.29. The standard InChI is InChI=1S/C14H20N2O2S.ClH/c1-18-12-6-13(19-9-12)14(17)16-4-2-10-7-15-8-11(10)3-5-16;/h6,9-11,15H,2-5,7-8H2,1H3;1H/t10-,11+;. The number of amides is 1. The maximum Gasteiger partial charge on any atom is 0.264 e. The first-order chi connectivity index (χ1) is 9.28. The highest BCUT2D eigenvalue weighted by Crippen LogP contribution is 2.29. The fraction of sp³-hybridized carbons (Fsp3) is 0.643. The number of carbonyl (C=O) groups excluding carboxylic acids is 1. The Morgan fingerprint density at radius 2 is 2.00 bits per heavy atom. The number of hydrogen-bond acceptors (Lipinski definition) is 4. The molecule has 2 aliphatic heterocycles. The van der Waals surface area contributed by atoms with Gasteiger partial charge in [-0.05, 0) is 37.8 Å². The van der Waals surface area contributed by atoms with Crippen LogP contribution in [-0.2, 0) is 0 Å². The van der Waals surface area contributed by atoms with E-state index in [0.717, 1.165) is 61.5 Å². The Hall–Kier alpha value is -0.780. The third-order valence-corrected chi connectivity index (χ3v) is 5.22. The fourth-order valence-electron chi connectivity index (χ4n) is 3.12. The van der Waals surface area contributed by atoms with Crippen LogP contribution in [0.25, 0.3) is 0 Å². The molecule has 0 unspecified atom stereocenters. The average Bonchev–Trinajstić information content (AvgIpc) is 3.04. The van der Waals surface area contributed by atoms with Crippen LogP contribution in [0.4, 0.5) is 0 Å². The highest BCUT2D eigenvalue weighted by Gasteiger charge is 2.31. The summed E-state index contributed by atoms with van der Waals surface area (Å²) in [6.45, 7) is 4.03. The molecule has 1 aromatic rings. The van der Waals surface area contributed by atoms with Crippen LogP contribution >= 0.6 is 23.7 Å². The summed E-state index contributed by atoms with van der Waals surface area (Å²) in [6.07, 6.45) is 2.26. The van der Waals surface area contributed by atoms with Crippen molar-refractivity contribution in [2.75, 3.05) is 33.3 Å². The molecule has 6 heteroatoms. The first-order valence-electron chi connectivity index (χ1n) is 6.90. The molecular formula is C14H21ClN2O2S. The van der Waals surface area contributed by atoms with Gasteiger partial charge in [-0.15, -0.1) is 23.7 Å². The second kappa shape index (κ2) is 6.78. The van der Waals surface area contributed by atoms with Gasteiger partial charge in [-0.25, -0.2) is 0 Å². The third kappa shape index (κ3) is 3.10. The molecule has 0 bridgehead atoms. The van der Waals surface area contributed by atoms with Crippen molar-refractivity contribution in [3.05, 3.63) is 16.3 Å². The maximum absolute atomic E-state index is 12.5. The molecule has 112 valence electrons. The van der Waals surface area contributed by atoms with Crippen molar-refractivity contribution in [1.29, 1.82) is 0 Å². The Morgan fingerprint density at radius 3 is 2.55 bits per heavy atom. The molecule has 1 aromatic heterocycles. The van der Waals surface area contributed by atoms with Crippen molar-refractivity contribution < 1.29 is 9.53 Å². The van der Waals surface area contributed by atoms with E-state index in [0.29, 0.717) is 0 Å². The number of thiophene rings is 1. The van der Waals surface area contributed by atoms with Gasteiger partial charge in [0.25, 0.3) is 5.91 Å². The second-order valence-corrected chi connectivity index (χ2v) is 6.31. The molecule has 2 fully saturated rings. The number of hydrogen-bond donors (Lipinski definition) is 1. The molecule has 1 N–H and O–H groups in total. The SMILES string of the molecule is COc1csc(C(=O)N2CC[C@@H]3CNC[C@@H]3CC2)c1.Cl. The lowest BCUT2D eigenvalue weighted by molar-refractivity contribution is 0.0763. The van der Waals surface area contributed by atoms with Crippen molar-refractivity contribution in [2.24, 2.45) is 11.8 Å². The van der Waals surface area contributed by atoms with Gasteiger partial charge in [0.15, 0.2) is 0 Å². The molecule has 0 aromatic carbocycles. The summed E-state index contributed by atoms with van der Waals surface area (Å²) in [5, 5.41) is 5.35. The van der Waals surface area contributed by atoms with Crippen LogP contribution in [0.2, 0.25) is 0 Å². The predicted molar refractivity (Wildman–Crippen MR) is 83.1 cm³/mol. The zero-order valence-electron chi connectivity index (χ0n) is 11.6. The molecule has 0 radical (unpaired) electrons. The minimum absolute atomic E-state index is 0. The average molecular weight is 317 g/mol. The smallest absolute Gasteiger partial charge is 0.264 e. The quantitative estimate of drug-likeness (QED) is 0.910. The van der Waals surface area contributed by atoms with E-state index < -0.39 is 0 Å². The minimum atomic E-state index is 0. The minimum Gasteiger partial charge on any atom is -0.496 e. The monoisotopic (exact) mass is 316 g/mol. The molecule has 2 atom stereocenters. The Morgan fingerprint density at radius 1 is 1.35 bits per heavy atom. The zero-order valence-corrected chi connectivity index (χ0v) is 13.3. The van der Waals surface area contributed by atoms with Crippen molar-refractivity contribution in [2.45, 2.75) is 12.8 Å². The Bertz CT molecular complexity index is 452. The lowest BCUT2D eigenvalue weighted by Gasteiger charge is -2.20. The van der Waals surface area contributed by atoms with E-state index in [1.54, 1.807) is 7.11 Å². The number of fused-ring (bicyclic) bond motifs is 1. The van der Waals surface area contributed by atoms with Crippen molar-refractivity contribution in [3.8, 4) is 5.75 Å². The number of nitrogens with zero attached hydrogens (tertiary/aromatic N) is 1. The van der Waals surface area contributed by atoms with Crippen LogP contribution < -0.4 is 10.1 Å². The summed E-state index contributed by atoms with van der Waals surface area (Å²) in [4.78, 5) is 15.3. The summed E-state index contributed by atoms with van der Waals surface area (Å²) in [6, 6.07) is 1.85. The van der Waals surface area contributed by atoms with Gasteiger partial charge in [0.2, 0.25) is 0 Å². The summed E-state index contributed by atoms with van der Waals surface area (Å²) in [5.74, 6) is 2.47. The van der Waals surface area contributed by atoms with E-state index in [2.05, 4.69) is 5.32 Å². The number of likely N-dealkylation sites (tertiary alicyclic amines) is 1. The summed E-state index contributed by atoms with van der Waals surface area (Å²) in [7, 11) is 1.64. The molecule has 1 amide bonds. The first kappa shape index (κ1) is 15.6. The van der Waals surface area contributed by atoms with Gasteiger partial charge in [0.05, 0.1) is 12.0 Å². The highest BCUT2D eigenvalue weighted by molar-refractivity contribution is 7.12. The number of rotatable bonds is 2. The third-order valence-electron chi connectivity index (χ3n) is 4.33.